The molecule has 102 valence electrons. The average molecular weight is 267 g/mol. The normalized spacial score (nSPS) is 16.8. The Hall–Kier alpha value is -2.31. The van der Waals surface area contributed by atoms with Gasteiger partial charge in [-0.2, -0.15) is 0 Å². The topological polar surface area (TPSA) is 96.9 Å². The Balaban J connectivity index is 2.16. The predicted molar refractivity (Wildman–Crippen MR) is 66.7 cm³/mol. The number of oxime groups is 1. The van der Waals surface area contributed by atoms with Crippen molar-refractivity contribution >= 4 is 17.4 Å². The van der Waals surface area contributed by atoms with Crippen LogP contribution >= 0.6 is 0 Å². The first-order valence-electron chi connectivity index (χ1n) is 5.66. The lowest BCUT2D eigenvalue weighted by Crippen LogP contribution is -2.36. The first-order chi connectivity index (χ1) is 9.03. The highest BCUT2D eigenvalue weighted by molar-refractivity contribution is 6.14. The molecule has 0 saturated heterocycles. The van der Waals surface area contributed by atoms with Crippen molar-refractivity contribution < 1.29 is 19.1 Å². The van der Waals surface area contributed by atoms with Crippen LogP contribution < -0.4 is 15.8 Å². The zero-order valence-corrected chi connectivity index (χ0v) is 10.3. The molecule has 19 heavy (non-hydrogen) atoms. The van der Waals surface area contributed by atoms with Crippen LogP contribution in [-0.4, -0.2) is 24.1 Å². The van der Waals surface area contributed by atoms with Gasteiger partial charge in [-0.05, 0) is 25.0 Å². The van der Waals surface area contributed by atoms with Crippen LogP contribution in [0.1, 0.15) is 12.8 Å². The summed E-state index contributed by atoms with van der Waals surface area (Å²) in [6.07, 6.45) is 1.04. The zero-order valence-electron chi connectivity index (χ0n) is 10.3. The first-order valence-corrected chi connectivity index (χ1v) is 5.66. The van der Waals surface area contributed by atoms with E-state index in [0.29, 0.717) is 18.5 Å². The van der Waals surface area contributed by atoms with Gasteiger partial charge in [0.25, 0.3) is 0 Å². The number of benzene rings is 1. The first kappa shape index (κ1) is 13.1. The molecule has 1 amide bonds. The molecule has 0 unspecified atom stereocenters. The van der Waals surface area contributed by atoms with Crippen molar-refractivity contribution in [3.63, 3.8) is 0 Å². The zero-order chi connectivity index (χ0) is 14.0. The number of nitrogens with zero attached hydrogens (tertiary/aromatic N) is 1. The highest BCUT2D eigenvalue weighted by Gasteiger charge is 2.54. The quantitative estimate of drug-likeness (QED) is 0.331. The number of amidine groups is 1. The van der Waals surface area contributed by atoms with E-state index in [1.807, 2.05) is 0 Å². The van der Waals surface area contributed by atoms with Gasteiger partial charge in [0.15, 0.2) is 17.4 Å². The van der Waals surface area contributed by atoms with Crippen LogP contribution in [0.3, 0.4) is 0 Å². The van der Waals surface area contributed by atoms with E-state index in [9.17, 15) is 9.18 Å². The molecular weight excluding hydrogens is 253 g/mol. The molecule has 0 radical (unpaired) electrons. The fraction of sp³-hybridized carbons (Fsp3) is 0.333. The Morgan fingerprint density at radius 2 is 2.26 bits per heavy atom. The van der Waals surface area contributed by atoms with Gasteiger partial charge in [0.05, 0.1) is 7.11 Å². The number of nitrogens with two attached hydrogens (primary N) is 1. The number of hydrogen-bond donors (Lipinski definition) is 3. The summed E-state index contributed by atoms with van der Waals surface area (Å²) in [5.74, 6) is -0.972. The lowest BCUT2D eigenvalue weighted by atomic mass is 10.1. The molecule has 6 nitrogen and oxygen atoms in total. The number of anilines is 1. The number of amides is 1. The van der Waals surface area contributed by atoms with Crippen molar-refractivity contribution in [2.75, 3.05) is 12.4 Å². The van der Waals surface area contributed by atoms with Crippen molar-refractivity contribution in [2.24, 2.45) is 16.3 Å². The second-order valence-electron chi connectivity index (χ2n) is 4.37. The van der Waals surface area contributed by atoms with Crippen LogP contribution in [0, 0.1) is 11.2 Å². The molecule has 0 heterocycles. The fourth-order valence-electron chi connectivity index (χ4n) is 1.81. The smallest absolute Gasteiger partial charge is 0.238 e. The van der Waals surface area contributed by atoms with E-state index in [-0.39, 0.29) is 17.5 Å². The number of rotatable bonds is 4. The average Bonchev–Trinajstić information content (AvgIpc) is 3.21. The minimum absolute atomic E-state index is 0.0337. The summed E-state index contributed by atoms with van der Waals surface area (Å²) in [6, 6.07) is 3.98. The lowest BCUT2D eigenvalue weighted by Gasteiger charge is -2.14. The Morgan fingerprint density at radius 1 is 1.58 bits per heavy atom. The summed E-state index contributed by atoms with van der Waals surface area (Å²) in [7, 11) is 1.34. The van der Waals surface area contributed by atoms with Gasteiger partial charge in [0.1, 0.15) is 5.41 Å². The SMILES string of the molecule is COc1cc(NC(=O)C2(/C(N)=N/O)CC2)ccc1F. The van der Waals surface area contributed by atoms with E-state index >= 15 is 0 Å². The largest absolute Gasteiger partial charge is 0.494 e. The predicted octanol–water partition coefficient (Wildman–Crippen LogP) is 1.30. The third-order valence-electron chi connectivity index (χ3n) is 3.19. The molecule has 1 fully saturated rings. The standard InChI is InChI=1S/C12H14FN3O3/c1-19-9-6-7(2-3-8(9)13)15-11(17)12(4-5-12)10(14)16-18/h2-3,6,18H,4-5H2,1H3,(H2,14,16)(H,15,17). The van der Waals surface area contributed by atoms with Gasteiger partial charge in [-0.15, -0.1) is 0 Å². The second-order valence-corrected chi connectivity index (χ2v) is 4.37. The molecule has 1 aliphatic carbocycles. The Kier molecular flexibility index (Phi) is 3.28. The van der Waals surface area contributed by atoms with E-state index < -0.39 is 11.2 Å². The summed E-state index contributed by atoms with van der Waals surface area (Å²) in [5, 5.41) is 14.1. The van der Waals surface area contributed by atoms with Gasteiger partial charge in [-0.25, -0.2) is 4.39 Å². The van der Waals surface area contributed by atoms with Crippen LogP contribution in [0.25, 0.3) is 0 Å². The molecule has 0 atom stereocenters. The van der Waals surface area contributed by atoms with E-state index in [4.69, 9.17) is 15.7 Å². The number of nitrogens with one attached hydrogen (secondary N) is 1. The van der Waals surface area contributed by atoms with Crippen LogP contribution in [0.15, 0.2) is 23.4 Å². The minimum Gasteiger partial charge on any atom is -0.494 e. The molecule has 0 spiro atoms. The number of carbonyl (C=O) groups is 1. The molecule has 0 aliphatic heterocycles. The minimum atomic E-state index is -0.948. The lowest BCUT2D eigenvalue weighted by molar-refractivity contribution is -0.119. The van der Waals surface area contributed by atoms with Crippen LogP contribution in [0.4, 0.5) is 10.1 Å². The van der Waals surface area contributed by atoms with Crippen molar-refractivity contribution in [1.29, 1.82) is 0 Å². The van der Waals surface area contributed by atoms with E-state index in [1.165, 1.54) is 25.3 Å². The van der Waals surface area contributed by atoms with Crippen molar-refractivity contribution in [3.05, 3.63) is 24.0 Å². The van der Waals surface area contributed by atoms with E-state index in [1.54, 1.807) is 0 Å². The maximum Gasteiger partial charge on any atom is 0.238 e. The second kappa shape index (κ2) is 4.75. The molecule has 1 aromatic carbocycles. The summed E-state index contributed by atoms with van der Waals surface area (Å²) in [4.78, 5) is 12.1. The van der Waals surface area contributed by atoms with Gasteiger partial charge >= 0.3 is 0 Å². The molecular formula is C12H14FN3O3. The highest BCUT2D eigenvalue weighted by Crippen LogP contribution is 2.46. The third kappa shape index (κ3) is 2.31. The van der Waals surface area contributed by atoms with Crippen LogP contribution in [-0.2, 0) is 4.79 Å². The van der Waals surface area contributed by atoms with Gasteiger partial charge in [0, 0.05) is 11.8 Å². The molecule has 4 N–H and O–H groups in total. The number of methoxy groups -OCH3 is 1. The maximum atomic E-state index is 13.2. The summed E-state index contributed by atoms with van der Waals surface area (Å²) < 4.78 is 18.0. The fourth-order valence-corrected chi connectivity index (χ4v) is 1.81. The number of carbonyl (C=O) groups excluding carboxylic acids is 1. The Labute approximate surface area is 109 Å². The van der Waals surface area contributed by atoms with Crippen molar-refractivity contribution in [1.82, 2.24) is 0 Å². The number of halogens is 1. The molecule has 2 rings (SSSR count). The third-order valence-corrected chi connectivity index (χ3v) is 3.19. The monoisotopic (exact) mass is 267 g/mol. The maximum absolute atomic E-state index is 13.2. The molecule has 1 saturated carbocycles. The molecule has 7 heteroatoms. The van der Waals surface area contributed by atoms with Crippen molar-refractivity contribution in [3.8, 4) is 5.75 Å². The van der Waals surface area contributed by atoms with Crippen LogP contribution in [0.5, 0.6) is 5.75 Å². The molecule has 1 aromatic rings. The molecule has 1 aliphatic rings. The molecule has 0 aromatic heterocycles. The van der Waals surface area contributed by atoms with E-state index in [0.717, 1.165) is 0 Å². The van der Waals surface area contributed by atoms with Gasteiger partial charge in [-0.1, -0.05) is 5.16 Å². The number of ether oxygens (including phenoxy) is 1. The van der Waals surface area contributed by atoms with Gasteiger partial charge < -0.3 is 21.0 Å². The van der Waals surface area contributed by atoms with Crippen molar-refractivity contribution in [2.45, 2.75) is 12.8 Å². The molecule has 0 bridgehead atoms. The number of hydrogen-bond acceptors (Lipinski definition) is 4. The van der Waals surface area contributed by atoms with Crippen LogP contribution in [0.2, 0.25) is 0 Å². The summed E-state index contributed by atoms with van der Waals surface area (Å²) >= 11 is 0. The summed E-state index contributed by atoms with van der Waals surface area (Å²) in [5.41, 5.74) is 4.94. The van der Waals surface area contributed by atoms with Gasteiger partial charge in [0.2, 0.25) is 5.91 Å². The Morgan fingerprint density at radius 3 is 2.79 bits per heavy atom. The Bertz CT molecular complexity index is 541. The van der Waals surface area contributed by atoms with Gasteiger partial charge in [-0.3, -0.25) is 4.79 Å². The highest BCUT2D eigenvalue weighted by atomic mass is 19.1. The summed E-state index contributed by atoms with van der Waals surface area (Å²) in [6.45, 7) is 0. The van der Waals surface area contributed by atoms with E-state index in [2.05, 4.69) is 10.5 Å².